The van der Waals surface area contributed by atoms with E-state index in [-0.39, 0.29) is 18.1 Å². The van der Waals surface area contributed by atoms with E-state index in [4.69, 9.17) is 0 Å². The fourth-order valence-electron chi connectivity index (χ4n) is 2.50. The molecule has 2 heterocycles. The van der Waals surface area contributed by atoms with Crippen LogP contribution in [0.5, 0.6) is 0 Å². The van der Waals surface area contributed by atoms with Crippen molar-refractivity contribution in [2.24, 2.45) is 7.05 Å². The van der Waals surface area contributed by atoms with Gasteiger partial charge < -0.3 is 5.32 Å². The van der Waals surface area contributed by atoms with Gasteiger partial charge in [0.15, 0.2) is 5.69 Å². The molecular formula is C15H14F3N5O. The SMILES string of the molecule is Cc1ccc2[nH]ncc2c1C(=O)NCc1cc(C(F)(F)F)nn1C. The Kier molecular flexibility index (Phi) is 3.78. The highest BCUT2D eigenvalue weighted by Crippen LogP contribution is 2.28. The smallest absolute Gasteiger partial charge is 0.346 e. The van der Waals surface area contributed by atoms with Gasteiger partial charge in [-0.1, -0.05) is 6.07 Å². The maximum atomic E-state index is 12.7. The molecule has 3 rings (SSSR count). The van der Waals surface area contributed by atoms with Gasteiger partial charge in [-0.3, -0.25) is 14.6 Å². The fraction of sp³-hybridized carbons (Fsp3) is 0.267. The van der Waals surface area contributed by atoms with Crippen LogP contribution in [0.1, 0.15) is 27.3 Å². The number of aromatic nitrogens is 4. The number of rotatable bonds is 3. The van der Waals surface area contributed by atoms with Crippen LogP contribution in [0.2, 0.25) is 0 Å². The van der Waals surface area contributed by atoms with Gasteiger partial charge in [0, 0.05) is 12.4 Å². The molecule has 2 aromatic heterocycles. The van der Waals surface area contributed by atoms with E-state index in [0.29, 0.717) is 16.5 Å². The van der Waals surface area contributed by atoms with Crippen LogP contribution in [0.15, 0.2) is 24.4 Å². The van der Waals surface area contributed by atoms with Crippen molar-refractivity contribution in [3.05, 3.63) is 46.9 Å². The molecule has 1 amide bonds. The normalized spacial score (nSPS) is 11.9. The van der Waals surface area contributed by atoms with Crippen molar-refractivity contribution in [3.63, 3.8) is 0 Å². The van der Waals surface area contributed by atoms with Crippen LogP contribution in [0.4, 0.5) is 13.2 Å². The molecule has 0 atom stereocenters. The van der Waals surface area contributed by atoms with Crippen molar-refractivity contribution in [3.8, 4) is 0 Å². The Morgan fingerprint density at radius 1 is 1.38 bits per heavy atom. The molecule has 0 aliphatic carbocycles. The monoisotopic (exact) mass is 337 g/mol. The topological polar surface area (TPSA) is 75.6 Å². The number of fused-ring (bicyclic) bond motifs is 1. The molecule has 3 aromatic rings. The second-order valence-electron chi connectivity index (χ2n) is 5.41. The Bertz CT molecular complexity index is 910. The molecule has 126 valence electrons. The molecule has 0 fully saturated rings. The van der Waals surface area contributed by atoms with E-state index in [9.17, 15) is 18.0 Å². The lowest BCUT2D eigenvalue weighted by atomic mass is 10.0. The van der Waals surface area contributed by atoms with Crippen molar-refractivity contribution >= 4 is 16.8 Å². The maximum Gasteiger partial charge on any atom is 0.435 e. The lowest BCUT2D eigenvalue weighted by molar-refractivity contribution is -0.141. The van der Waals surface area contributed by atoms with Gasteiger partial charge in [0.05, 0.1) is 29.5 Å². The van der Waals surface area contributed by atoms with Gasteiger partial charge in [-0.25, -0.2) is 0 Å². The van der Waals surface area contributed by atoms with E-state index in [2.05, 4.69) is 20.6 Å². The first-order valence-electron chi connectivity index (χ1n) is 7.08. The first-order chi connectivity index (χ1) is 11.3. The molecule has 0 unspecified atom stereocenters. The largest absolute Gasteiger partial charge is 0.435 e. The van der Waals surface area contributed by atoms with Gasteiger partial charge in [0.2, 0.25) is 0 Å². The van der Waals surface area contributed by atoms with Crippen molar-refractivity contribution in [1.82, 2.24) is 25.3 Å². The third-order valence-corrected chi connectivity index (χ3v) is 3.76. The number of nitrogens with one attached hydrogen (secondary N) is 2. The summed E-state index contributed by atoms with van der Waals surface area (Å²) in [6, 6.07) is 4.51. The second-order valence-corrected chi connectivity index (χ2v) is 5.41. The summed E-state index contributed by atoms with van der Waals surface area (Å²) in [6.07, 6.45) is -2.97. The van der Waals surface area contributed by atoms with Gasteiger partial charge in [0.25, 0.3) is 5.91 Å². The number of halogens is 3. The molecule has 0 aliphatic heterocycles. The zero-order valence-electron chi connectivity index (χ0n) is 12.9. The summed E-state index contributed by atoms with van der Waals surface area (Å²) in [4.78, 5) is 12.5. The number of carbonyl (C=O) groups excluding carboxylic acids is 1. The number of hydrogen-bond acceptors (Lipinski definition) is 3. The number of carbonyl (C=O) groups is 1. The molecule has 6 nitrogen and oxygen atoms in total. The van der Waals surface area contributed by atoms with Gasteiger partial charge >= 0.3 is 6.18 Å². The number of nitrogens with zero attached hydrogens (tertiary/aromatic N) is 3. The molecule has 0 bridgehead atoms. The molecule has 24 heavy (non-hydrogen) atoms. The van der Waals surface area contributed by atoms with Crippen LogP contribution in [-0.2, 0) is 19.8 Å². The number of aryl methyl sites for hydroxylation is 2. The van der Waals surface area contributed by atoms with Gasteiger partial charge in [0.1, 0.15) is 0 Å². The van der Waals surface area contributed by atoms with Crippen molar-refractivity contribution in [1.29, 1.82) is 0 Å². The molecule has 9 heteroatoms. The Balaban J connectivity index is 1.82. The Hall–Kier alpha value is -2.84. The van der Waals surface area contributed by atoms with E-state index in [1.54, 1.807) is 19.2 Å². The summed E-state index contributed by atoms with van der Waals surface area (Å²) >= 11 is 0. The average molecular weight is 337 g/mol. The van der Waals surface area contributed by atoms with E-state index < -0.39 is 11.9 Å². The maximum absolute atomic E-state index is 12.7. The Morgan fingerprint density at radius 2 is 2.12 bits per heavy atom. The number of aromatic amines is 1. The molecule has 0 spiro atoms. The second kappa shape index (κ2) is 5.66. The molecular weight excluding hydrogens is 323 g/mol. The number of hydrogen-bond donors (Lipinski definition) is 2. The quantitative estimate of drug-likeness (QED) is 0.771. The van der Waals surface area contributed by atoms with Gasteiger partial charge in [-0.2, -0.15) is 23.4 Å². The van der Waals surface area contributed by atoms with Crippen LogP contribution in [0.25, 0.3) is 10.9 Å². The molecule has 0 aliphatic rings. The highest BCUT2D eigenvalue weighted by atomic mass is 19.4. The predicted molar refractivity (Wildman–Crippen MR) is 80.2 cm³/mol. The van der Waals surface area contributed by atoms with Crippen LogP contribution < -0.4 is 5.32 Å². The minimum absolute atomic E-state index is 0.0634. The summed E-state index contributed by atoms with van der Waals surface area (Å²) in [5, 5.41) is 13.4. The zero-order chi connectivity index (χ0) is 17.5. The van der Waals surface area contributed by atoms with Gasteiger partial charge in [-0.15, -0.1) is 0 Å². The van der Waals surface area contributed by atoms with Crippen molar-refractivity contribution in [2.45, 2.75) is 19.6 Å². The first kappa shape index (κ1) is 16.0. The van der Waals surface area contributed by atoms with Crippen molar-refractivity contribution < 1.29 is 18.0 Å². The summed E-state index contributed by atoms with van der Waals surface area (Å²) in [7, 11) is 1.40. The lowest BCUT2D eigenvalue weighted by Crippen LogP contribution is -2.25. The predicted octanol–water partition coefficient (Wildman–Crippen LogP) is 2.55. The number of alkyl halides is 3. The molecule has 1 aromatic carbocycles. The van der Waals surface area contributed by atoms with E-state index in [0.717, 1.165) is 16.3 Å². The third kappa shape index (κ3) is 2.84. The zero-order valence-corrected chi connectivity index (χ0v) is 12.9. The molecule has 0 radical (unpaired) electrons. The number of H-pyrrole nitrogens is 1. The highest BCUT2D eigenvalue weighted by molar-refractivity contribution is 6.07. The van der Waals surface area contributed by atoms with Crippen LogP contribution in [0.3, 0.4) is 0 Å². The third-order valence-electron chi connectivity index (χ3n) is 3.76. The standard InChI is InChI=1S/C15H14F3N5O/c1-8-3-4-11-10(7-20-21-11)13(8)14(24)19-6-9-5-12(15(16,17)18)22-23(9)2/h3-5,7H,6H2,1-2H3,(H,19,24)(H,20,21). The minimum atomic E-state index is -4.51. The highest BCUT2D eigenvalue weighted by Gasteiger charge is 2.34. The van der Waals surface area contributed by atoms with E-state index >= 15 is 0 Å². The van der Waals surface area contributed by atoms with E-state index in [1.165, 1.54) is 7.05 Å². The first-order valence-corrected chi connectivity index (χ1v) is 7.08. The molecule has 2 N–H and O–H groups in total. The minimum Gasteiger partial charge on any atom is -0.346 e. The van der Waals surface area contributed by atoms with Crippen LogP contribution in [0, 0.1) is 6.92 Å². The van der Waals surface area contributed by atoms with E-state index in [1.807, 2.05) is 6.07 Å². The van der Waals surface area contributed by atoms with Gasteiger partial charge in [-0.05, 0) is 24.6 Å². The summed E-state index contributed by atoms with van der Waals surface area (Å²) in [6.45, 7) is 1.72. The lowest BCUT2D eigenvalue weighted by Gasteiger charge is -2.09. The summed E-state index contributed by atoms with van der Waals surface area (Å²) < 4.78 is 39.1. The number of amides is 1. The Labute approximate surface area is 134 Å². The van der Waals surface area contributed by atoms with Crippen molar-refractivity contribution in [2.75, 3.05) is 0 Å². The average Bonchev–Trinajstić information content (AvgIpc) is 3.10. The Morgan fingerprint density at radius 3 is 2.79 bits per heavy atom. The fourth-order valence-corrected chi connectivity index (χ4v) is 2.50. The summed E-state index contributed by atoms with van der Waals surface area (Å²) in [5.74, 6) is -0.380. The molecule has 0 saturated heterocycles. The number of benzene rings is 1. The molecule has 0 saturated carbocycles. The van der Waals surface area contributed by atoms with Crippen LogP contribution in [-0.4, -0.2) is 25.9 Å². The van der Waals surface area contributed by atoms with Crippen LogP contribution >= 0.6 is 0 Å². The summed E-state index contributed by atoms with van der Waals surface area (Å²) in [5.41, 5.74) is 1.18.